The number of rotatable bonds is 7. The Balaban J connectivity index is 1.69. The van der Waals surface area contributed by atoms with Gasteiger partial charge in [0, 0.05) is 18.4 Å². The molecule has 3 rings (SSSR count). The van der Waals surface area contributed by atoms with Crippen LogP contribution in [0.25, 0.3) is 0 Å². The maximum Gasteiger partial charge on any atom is 0.220 e. The molecule has 0 aliphatic carbocycles. The number of hydrogen-bond acceptors (Lipinski definition) is 5. The molecule has 0 fully saturated rings. The fourth-order valence-electron chi connectivity index (χ4n) is 3.65. The smallest absolute Gasteiger partial charge is 0.220 e. The SMILES string of the molecule is COc1ccc2c(c1)C(NC(=O)CCc1ccc(OC)c(OC)c1)CC(C)(C)O2. The van der Waals surface area contributed by atoms with Crippen LogP contribution >= 0.6 is 0 Å². The molecule has 2 aromatic carbocycles. The van der Waals surface area contributed by atoms with Crippen molar-refractivity contribution >= 4 is 5.91 Å². The second-order valence-electron chi connectivity index (χ2n) is 7.78. The number of carbonyl (C=O) groups excluding carboxylic acids is 1. The van der Waals surface area contributed by atoms with Gasteiger partial charge in [0.1, 0.15) is 17.1 Å². The summed E-state index contributed by atoms with van der Waals surface area (Å²) < 4.78 is 22.0. The predicted octanol–water partition coefficient (Wildman–Crippen LogP) is 4.06. The van der Waals surface area contributed by atoms with Gasteiger partial charge in [0.25, 0.3) is 0 Å². The van der Waals surface area contributed by atoms with Crippen molar-refractivity contribution in [2.75, 3.05) is 21.3 Å². The van der Waals surface area contributed by atoms with E-state index < -0.39 is 0 Å². The van der Waals surface area contributed by atoms with Gasteiger partial charge < -0.3 is 24.3 Å². The van der Waals surface area contributed by atoms with Crippen LogP contribution in [-0.4, -0.2) is 32.8 Å². The number of carbonyl (C=O) groups is 1. The fraction of sp³-hybridized carbons (Fsp3) is 0.435. The molecule has 2 aromatic rings. The quantitative estimate of drug-likeness (QED) is 0.760. The number of fused-ring (bicyclic) bond motifs is 1. The van der Waals surface area contributed by atoms with E-state index in [1.165, 1.54) is 0 Å². The normalized spacial score (nSPS) is 16.9. The van der Waals surface area contributed by atoms with Crippen LogP contribution in [0.1, 0.15) is 43.9 Å². The molecule has 1 unspecified atom stereocenters. The number of methoxy groups -OCH3 is 3. The van der Waals surface area contributed by atoms with Crippen molar-refractivity contribution in [3.05, 3.63) is 47.5 Å². The van der Waals surface area contributed by atoms with Gasteiger partial charge in [-0.3, -0.25) is 4.79 Å². The first kappa shape index (κ1) is 20.8. The topological polar surface area (TPSA) is 66.0 Å². The number of aryl methyl sites for hydroxylation is 1. The molecule has 0 aromatic heterocycles. The van der Waals surface area contributed by atoms with Gasteiger partial charge in [-0.15, -0.1) is 0 Å². The number of amides is 1. The molecule has 1 N–H and O–H groups in total. The van der Waals surface area contributed by atoms with Crippen LogP contribution in [0.4, 0.5) is 0 Å². The molecule has 0 bridgehead atoms. The van der Waals surface area contributed by atoms with Crippen LogP contribution in [0.5, 0.6) is 23.0 Å². The van der Waals surface area contributed by atoms with Crippen molar-refractivity contribution in [2.24, 2.45) is 0 Å². The highest BCUT2D eigenvalue weighted by molar-refractivity contribution is 5.77. The minimum atomic E-state index is -0.358. The summed E-state index contributed by atoms with van der Waals surface area (Å²) in [6, 6.07) is 11.3. The molecule has 1 heterocycles. The first-order valence-electron chi connectivity index (χ1n) is 9.72. The third-order valence-electron chi connectivity index (χ3n) is 5.10. The van der Waals surface area contributed by atoms with Gasteiger partial charge in [0.05, 0.1) is 27.4 Å². The summed E-state index contributed by atoms with van der Waals surface area (Å²) in [5, 5.41) is 3.17. The van der Waals surface area contributed by atoms with Crippen LogP contribution in [0, 0.1) is 0 Å². The van der Waals surface area contributed by atoms with Crippen molar-refractivity contribution in [3.8, 4) is 23.0 Å². The Morgan fingerprint density at radius 3 is 2.52 bits per heavy atom. The first-order valence-corrected chi connectivity index (χ1v) is 9.72. The maximum absolute atomic E-state index is 12.7. The lowest BCUT2D eigenvalue weighted by Gasteiger charge is -2.38. The Labute approximate surface area is 172 Å². The molecular formula is C23H29NO5. The monoisotopic (exact) mass is 399 g/mol. The predicted molar refractivity (Wildman–Crippen MR) is 111 cm³/mol. The third-order valence-corrected chi connectivity index (χ3v) is 5.10. The van der Waals surface area contributed by atoms with E-state index >= 15 is 0 Å². The molecule has 29 heavy (non-hydrogen) atoms. The molecule has 0 spiro atoms. The molecule has 0 saturated carbocycles. The number of nitrogens with one attached hydrogen (secondary N) is 1. The summed E-state index contributed by atoms with van der Waals surface area (Å²) in [4.78, 5) is 12.7. The summed E-state index contributed by atoms with van der Waals surface area (Å²) in [5.74, 6) is 2.87. The number of hydrogen-bond donors (Lipinski definition) is 1. The lowest BCUT2D eigenvalue weighted by molar-refractivity contribution is -0.122. The van der Waals surface area contributed by atoms with Crippen molar-refractivity contribution in [3.63, 3.8) is 0 Å². The summed E-state index contributed by atoms with van der Waals surface area (Å²) >= 11 is 0. The Bertz CT molecular complexity index is 878. The minimum Gasteiger partial charge on any atom is -0.497 e. The largest absolute Gasteiger partial charge is 0.497 e. The highest BCUT2D eigenvalue weighted by Gasteiger charge is 2.34. The maximum atomic E-state index is 12.7. The lowest BCUT2D eigenvalue weighted by atomic mass is 9.89. The molecule has 1 aliphatic heterocycles. The standard InChI is InChI=1S/C23H29NO5/c1-23(2)14-18(17-13-16(26-3)8-10-19(17)29-23)24-22(25)11-7-15-6-9-20(27-4)21(12-15)28-5/h6,8-10,12-13,18H,7,11,14H2,1-5H3,(H,24,25). The van der Waals surface area contributed by atoms with Gasteiger partial charge in [-0.2, -0.15) is 0 Å². The molecule has 0 saturated heterocycles. The average Bonchev–Trinajstić information content (AvgIpc) is 2.71. The lowest BCUT2D eigenvalue weighted by Crippen LogP contribution is -2.41. The highest BCUT2D eigenvalue weighted by atomic mass is 16.5. The molecule has 1 amide bonds. The van der Waals surface area contributed by atoms with Crippen LogP contribution in [0.15, 0.2) is 36.4 Å². The minimum absolute atomic E-state index is 0.00347. The van der Waals surface area contributed by atoms with Gasteiger partial charge in [-0.25, -0.2) is 0 Å². The van der Waals surface area contributed by atoms with E-state index in [-0.39, 0.29) is 17.6 Å². The van der Waals surface area contributed by atoms with Crippen molar-refractivity contribution in [2.45, 2.75) is 44.8 Å². The summed E-state index contributed by atoms with van der Waals surface area (Å²) in [6.45, 7) is 4.06. The molecule has 0 radical (unpaired) electrons. The van der Waals surface area contributed by atoms with Crippen LogP contribution in [0.2, 0.25) is 0 Å². The molecule has 6 nitrogen and oxygen atoms in total. The summed E-state index contributed by atoms with van der Waals surface area (Å²) in [6.07, 6.45) is 1.69. The number of benzene rings is 2. The van der Waals surface area contributed by atoms with E-state index in [9.17, 15) is 4.79 Å². The van der Waals surface area contributed by atoms with E-state index in [1.54, 1.807) is 21.3 Å². The van der Waals surface area contributed by atoms with E-state index in [1.807, 2.05) is 50.2 Å². The summed E-state index contributed by atoms with van der Waals surface area (Å²) in [5.41, 5.74) is 1.61. The zero-order valence-corrected chi connectivity index (χ0v) is 17.7. The zero-order chi connectivity index (χ0) is 21.0. The number of ether oxygens (including phenoxy) is 4. The van der Waals surface area contributed by atoms with Crippen molar-refractivity contribution < 1.29 is 23.7 Å². The average molecular weight is 399 g/mol. The third kappa shape index (κ3) is 4.94. The Hall–Kier alpha value is -2.89. The Morgan fingerprint density at radius 2 is 1.83 bits per heavy atom. The second-order valence-corrected chi connectivity index (χ2v) is 7.78. The molecule has 156 valence electrons. The molecule has 6 heteroatoms. The van der Waals surface area contributed by atoms with Crippen LogP contribution in [0.3, 0.4) is 0 Å². The van der Waals surface area contributed by atoms with E-state index in [0.717, 1.165) is 22.6 Å². The van der Waals surface area contributed by atoms with Crippen LogP contribution in [-0.2, 0) is 11.2 Å². The van der Waals surface area contributed by atoms with E-state index in [0.29, 0.717) is 30.8 Å². The van der Waals surface area contributed by atoms with Crippen molar-refractivity contribution in [1.29, 1.82) is 0 Å². The Kier molecular flexibility index (Phi) is 6.20. The zero-order valence-electron chi connectivity index (χ0n) is 17.7. The van der Waals surface area contributed by atoms with Crippen LogP contribution < -0.4 is 24.3 Å². The van der Waals surface area contributed by atoms with E-state index in [2.05, 4.69) is 5.32 Å². The van der Waals surface area contributed by atoms with E-state index in [4.69, 9.17) is 18.9 Å². The Morgan fingerprint density at radius 1 is 1.07 bits per heavy atom. The van der Waals surface area contributed by atoms with Gasteiger partial charge in [-0.1, -0.05) is 6.07 Å². The summed E-state index contributed by atoms with van der Waals surface area (Å²) in [7, 11) is 4.84. The second kappa shape index (κ2) is 8.64. The van der Waals surface area contributed by atoms with Crippen molar-refractivity contribution in [1.82, 2.24) is 5.32 Å². The molecular weight excluding hydrogens is 370 g/mol. The first-order chi connectivity index (χ1) is 13.8. The highest BCUT2D eigenvalue weighted by Crippen LogP contribution is 2.41. The van der Waals surface area contributed by atoms with Gasteiger partial charge >= 0.3 is 0 Å². The molecule has 1 aliphatic rings. The van der Waals surface area contributed by atoms with Gasteiger partial charge in [0.2, 0.25) is 5.91 Å². The molecule has 1 atom stereocenters. The van der Waals surface area contributed by atoms with Gasteiger partial charge in [0.15, 0.2) is 11.5 Å². The fourth-order valence-corrected chi connectivity index (χ4v) is 3.65. The van der Waals surface area contributed by atoms with Gasteiger partial charge in [-0.05, 0) is 56.2 Å².